The number of aromatic nitrogens is 1. The molecule has 3 heterocycles. The van der Waals surface area contributed by atoms with Crippen LogP contribution in [-0.2, 0) is 16.1 Å². The van der Waals surface area contributed by atoms with Crippen molar-refractivity contribution < 1.29 is 9.59 Å². The highest BCUT2D eigenvalue weighted by Crippen LogP contribution is 2.24. The van der Waals surface area contributed by atoms with Gasteiger partial charge in [0.2, 0.25) is 11.8 Å². The Hall–Kier alpha value is -2.11. The van der Waals surface area contributed by atoms with Crippen LogP contribution in [0, 0.1) is 0 Å². The lowest BCUT2D eigenvalue weighted by Gasteiger charge is -2.42. The van der Waals surface area contributed by atoms with Gasteiger partial charge < -0.3 is 15.5 Å². The van der Waals surface area contributed by atoms with E-state index < -0.39 is 0 Å². The number of carbonyl (C=O) groups is 2. The fourth-order valence-electron chi connectivity index (χ4n) is 2.98. The van der Waals surface area contributed by atoms with Crippen molar-refractivity contribution in [2.75, 3.05) is 18.8 Å². The third-order valence-electron chi connectivity index (χ3n) is 3.96. The predicted molar refractivity (Wildman–Crippen MR) is 73.4 cm³/mol. The van der Waals surface area contributed by atoms with Crippen LogP contribution >= 0.6 is 0 Å². The number of hydrogen-bond acceptors (Lipinski definition) is 4. The van der Waals surface area contributed by atoms with Crippen LogP contribution < -0.4 is 5.73 Å². The molecular weight excluding hydrogens is 256 g/mol. The normalized spacial score (nSPS) is 22.9. The Morgan fingerprint density at radius 3 is 3.00 bits per heavy atom. The van der Waals surface area contributed by atoms with E-state index in [1.54, 1.807) is 22.1 Å². The van der Waals surface area contributed by atoms with Crippen molar-refractivity contribution in [3.8, 4) is 0 Å². The first-order chi connectivity index (χ1) is 9.65. The minimum Gasteiger partial charge on any atom is -0.384 e. The molecular formula is C14H18N4O2. The highest BCUT2D eigenvalue weighted by atomic mass is 16.2. The molecule has 6 heteroatoms. The average molecular weight is 274 g/mol. The van der Waals surface area contributed by atoms with E-state index in [0.717, 1.165) is 24.8 Å². The molecule has 0 bridgehead atoms. The lowest BCUT2D eigenvalue weighted by atomic mass is 9.98. The summed E-state index contributed by atoms with van der Waals surface area (Å²) in [5.41, 5.74) is 6.55. The molecule has 0 spiro atoms. The Labute approximate surface area is 117 Å². The van der Waals surface area contributed by atoms with Gasteiger partial charge in [0.25, 0.3) is 0 Å². The first-order valence-electron chi connectivity index (χ1n) is 6.94. The molecule has 1 atom stereocenters. The van der Waals surface area contributed by atoms with E-state index in [9.17, 15) is 9.59 Å². The molecule has 2 aliphatic rings. The quantitative estimate of drug-likeness (QED) is 0.846. The summed E-state index contributed by atoms with van der Waals surface area (Å²) in [6.07, 6.45) is 4.40. The van der Waals surface area contributed by atoms with E-state index >= 15 is 0 Å². The van der Waals surface area contributed by atoms with Gasteiger partial charge in [-0.15, -0.1) is 0 Å². The standard InChI is InChI=1S/C14H18N4O2/c15-12-7-10(4-5-16-12)8-17-9-13(19)18-6-2-1-3-11(18)14(17)20/h4-5,7,11H,1-3,6,8-9H2,(H2,15,16). The average Bonchev–Trinajstić information content (AvgIpc) is 2.45. The maximum atomic E-state index is 12.5. The highest BCUT2D eigenvalue weighted by molar-refractivity contribution is 5.95. The van der Waals surface area contributed by atoms with E-state index in [4.69, 9.17) is 5.73 Å². The number of carbonyl (C=O) groups excluding carboxylic acids is 2. The zero-order valence-electron chi connectivity index (χ0n) is 11.3. The van der Waals surface area contributed by atoms with Crippen molar-refractivity contribution in [3.05, 3.63) is 23.9 Å². The Balaban J connectivity index is 1.77. The van der Waals surface area contributed by atoms with E-state index in [0.29, 0.717) is 18.9 Å². The van der Waals surface area contributed by atoms with Crippen molar-refractivity contribution in [3.63, 3.8) is 0 Å². The van der Waals surface area contributed by atoms with Gasteiger partial charge in [-0.2, -0.15) is 0 Å². The zero-order valence-corrected chi connectivity index (χ0v) is 11.3. The van der Waals surface area contributed by atoms with Crippen molar-refractivity contribution >= 4 is 17.6 Å². The molecule has 106 valence electrons. The molecule has 2 N–H and O–H groups in total. The number of piperidine rings is 1. The van der Waals surface area contributed by atoms with Crippen LogP contribution in [0.25, 0.3) is 0 Å². The van der Waals surface area contributed by atoms with Crippen LogP contribution in [-0.4, -0.2) is 45.7 Å². The Morgan fingerprint density at radius 2 is 2.20 bits per heavy atom. The molecule has 2 saturated heterocycles. The first-order valence-corrected chi connectivity index (χ1v) is 6.94. The molecule has 6 nitrogen and oxygen atoms in total. The third kappa shape index (κ3) is 2.33. The smallest absolute Gasteiger partial charge is 0.246 e. The number of piperazine rings is 1. The summed E-state index contributed by atoms with van der Waals surface area (Å²) in [4.78, 5) is 31.9. The van der Waals surface area contributed by atoms with Crippen molar-refractivity contribution in [2.24, 2.45) is 0 Å². The van der Waals surface area contributed by atoms with Gasteiger partial charge in [-0.1, -0.05) is 0 Å². The van der Waals surface area contributed by atoms with Crippen LogP contribution in [0.3, 0.4) is 0 Å². The maximum absolute atomic E-state index is 12.5. The van der Waals surface area contributed by atoms with Crippen molar-refractivity contribution in [1.82, 2.24) is 14.8 Å². The predicted octanol–water partition coefficient (Wildman–Crippen LogP) is 0.387. The van der Waals surface area contributed by atoms with Crippen LogP contribution in [0.1, 0.15) is 24.8 Å². The zero-order chi connectivity index (χ0) is 14.1. The topological polar surface area (TPSA) is 79.5 Å². The molecule has 1 unspecified atom stereocenters. The second-order valence-corrected chi connectivity index (χ2v) is 5.38. The minimum atomic E-state index is -0.260. The van der Waals surface area contributed by atoms with Gasteiger partial charge in [-0.3, -0.25) is 9.59 Å². The molecule has 3 rings (SSSR count). The summed E-state index contributed by atoms with van der Waals surface area (Å²) < 4.78 is 0. The van der Waals surface area contributed by atoms with Crippen molar-refractivity contribution in [1.29, 1.82) is 0 Å². The van der Waals surface area contributed by atoms with Gasteiger partial charge >= 0.3 is 0 Å². The van der Waals surface area contributed by atoms with Gasteiger partial charge in [0, 0.05) is 19.3 Å². The molecule has 1 aromatic rings. The summed E-state index contributed by atoms with van der Waals surface area (Å²) in [7, 11) is 0. The van der Waals surface area contributed by atoms with Gasteiger partial charge in [-0.25, -0.2) is 4.98 Å². The van der Waals surface area contributed by atoms with E-state index in [1.165, 1.54) is 0 Å². The highest BCUT2D eigenvalue weighted by Gasteiger charge is 2.40. The summed E-state index contributed by atoms with van der Waals surface area (Å²) in [6.45, 7) is 1.30. The number of fused-ring (bicyclic) bond motifs is 1. The third-order valence-corrected chi connectivity index (χ3v) is 3.96. The molecule has 1 aromatic heterocycles. The van der Waals surface area contributed by atoms with Gasteiger partial charge in [0.15, 0.2) is 0 Å². The Bertz CT molecular complexity index is 546. The molecule has 20 heavy (non-hydrogen) atoms. The SMILES string of the molecule is Nc1cc(CN2CC(=O)N3CCCCC3C2=O)ccn1. The fourth-order valence-corrected chi connectivity index (χ4v) is 2.98. The second-order valence-electron chi connectivity index (χ2n) is 5.38. The number of hydrogen-bond donors (Lipinski definition) is 1. The number of amides is 2. The second kappa shape index (κ2) is 5.11. The molecule has 2 fully saturated rings. The largest absolute Gasteiger partial charge is 0.384 e. The van der Waals surface area contributed by atoms with E-state index in [-0.39, 0.29) is 24.4 Å². The number of nitrogens with two attached hydrogens (primary N) is 1. The van der Waals surface area contributed by atoms with E-state index in [2.05, 4.69) is 4.98 Å². The van der Waals surface area contributed by atoms with Crippen molar-refractivity contribution in [2.45, 2.75) is 31.8 Å². The van der Waals surface area contributed by atoms with Gasteiger partial charge in [-0.05, 0) is 37.0 Å². The van der Waals surface area contributed by atoms with Crippen LogP contribution in [0.4, 0.5) is 5.82 Å². The van der Waals surface area contributed by atoms with Crippen LogP contribution in [0.2, 0.25) is 0 Å². The lowest BCUT2D eigenvalue weighted by molar-refractivity contribution is -0.158. The van der Waals surface area contributed by atoms with Crippen LogP contribution in [0.15, 0.2) is 18.3 Å². The number of nitrogen functional groups attached to an aromatic ring is 1. The van der Waals surface area contributed by atoms with Crippen LogP contribution in [0.5, 0.6) is 0 Å². The number of nitrogens with zero attached hydrogens (tertiary/aromatic N) is 3. The first kappa shape index (κ1) is 12.9. The maximum Gasteiger partial charge on any atom is 0.246 e. The summed E-state index contributed by atoms with van der Waals surface area (Å²) in [5.74, 6) is 0.536. The summed E-state index contributed by atoms with van der Waals surface area (Å²) in [6, 6.07) is 3.30. The van der Waals surface area contributed by atoms with Gasteiger partial charge in [0.1, 0.15) is 18.4 Å². The number of rotatable bonds is 2. The van der Waals surface area contributed by atoms with Gasteiger partial charge in [0.05, 0.1) is 0 Å². The minimum absolute atomic E-state index is 0.0522. The summed E-state index contributed by atoms with van der Waals surface area (Å²) in [5, 5.41) is 0. The molecule has 0 aromatic carbocycles. The lowest BCUT2D eigenvalue weighted by Crippen LogP contribution is -2.60. The molecule has 2 amide bonds. The Morgan fingerprint density at radius 1 is 1.35 bits per heavy atom. The summed E-state index contributed by atoms with van der Waals surface area (Å²) >= 11 is 0. The number of anilines is 1. The molecule has 2 aliphatic heterocycles. The molecule has 0 radical (unpaired) electrons. The number of pyridine rings is 1. The molecule has 0 aliphatic carbocycles. The monoisotopic (exact) mass is 274 g/mol. The van der Waals surface area contributed by atoms with E-state index in [1.807, 2.05) is 6.07 Å². The molecule has 0 saturated carbocycles. The Kier molecular flexibility index (Phi) is 3.30. The fraction of sp³-hybridized carbons (Fsp3) is 0.500.